The molecule has 128 valence electrons. The fraction of sp³-hybridized carbons (Fsp3) is 0.200. The second kappa shape index (κ2) is 6.81. The molecule has 0 saturated heterocycles. The highest BCUT2D eigenvalue weighted by Crippen LogP contribution is 2.34. The number of aromatic hydroxyl groups is 1. The highest BCUT2D eigenvalue weighted by molar-refractivity contribution is 6.45. The first-order chi connectivity index (χ1) is 12.0. The number of primary amides is 1. The number of phenolic OH excluding ortho intramolecular Hbond substituents is 1. The summed E-state index contributed by atoms with van der Waals surface area (Å²) in [5.41, 5.74) is 8.07. The Morgan fingerprint density at radius 2 is 1.80 bits per heavy atom. The first kappa shape index (κ1) is 16.8. The van der Waals surface area contributed by atoms with E-state index < -0.39 is 11.7 Å². The summed E-state index contributed by atoms with van der Waals surface area (Å²) in [5, 5.41) is 10.7. The summed E-state index contributed by atoms with van der Waals surface area (Å²) in [6.45, 7) is 2.56. The molecule has 0 fully saturated rings. The minimum Gasteiger partial charge on any atom is -0.507 e. The van der Waals surface area contributed by atoms with Crippen LogP contribution in [-0.4, -0.2) is 21.4 Å². The third-order valence-corrected chi connectivity index (χ3v) is 4.43. The molecule has 1 amide bonds. The Kier molecular flexibility index (Phi) is 4.57. The van der Waals surface area contributed by atoms with Gasteiger partial charge in [0.15, 0.2) is 0 Å². The number of phenols is 1. The Labute approximate surface area is 145 Å². The third kappa shape index (κ3) is 3.01. The number of aryl methyl sites for hydroxylation is 2. The van der Waals surface area contributed by atoms with Crippen LogP contribution in [0.5, 0.6) is 5.75 Å². The van der Waals surface area contributed by atoms with Crippen molar-refractivity contribution < 1.29 is 14.7 Å². The smallest absolute Gasteiger partial charge is 0.289 e. The summed E-state index contributed by atoms with van der Waals surface area (Å²) in [5.74, 6) is -1.79. The van der Waals surface area contributed by atoms with Gasteiger partial charge in [-0.3, -0.25) is 9.59 Å². The van der Waals surface area contributed by atoms with E-state index in [4.69, 9.17) is 5.73 Å². The van der Waals surface area contributed by atoms with Crippen LogP contribution in [0.15, 0.2) is 48.5 Å². The molecule has 0 spiro atoms. The van der Waals surface area contributed by atoms with Gasteiger partial charge in [0.25, 0.3) is 11.7 Å². The molecule has 0 unspecified atom stereocenters. The summed E-state index contributed by atoms with van der Waals surface area (Å²) in [6, 6.07) is 15.1. The fourth-order valence-corrected chi connectivity index (χ4v) is 3.31. The van der Waals surface area contributed by atoms with Gasteiger partial charge >= 0.3 is 0 Å². The van der Waals surface area contributed by atoms with Crippen molar-refractivity contribution in [1.29, 1.82) is 0 Å². The minimum absolute atomic E-state index is 0.0183. The van der Waals surface area contributed by atoms with E-state index in [9.17, 15) is 14.7 Å². The number of fused-ring (bicyclic) bond motifs is 1. The number of nitrogens with zero attached hydrogens (tertiary/aromatic N) is 1. The van der Waals surface area contributed by atoms with Crippen LogP contribution in [0.25, 0.3) is 10.9 Å². The molecule has 1 heterocycles. The number of carbonyl (C=O) groups is 2. The van der Waals surface area contributed by atoms with Gasteiger partial charge in [0.05, 0.1) is 16.5 Å². The number of carbonyl (C=O) groups excluding carboxylic acids is 2. The van der Waals surface area contributed by atoms with E-state index in [0.717, 1.165) is 17.6 Å². The third-order valence-electron chi connectivity index (χ3n) is 4.43. The number of aromatic nitrogens is 1. The van der Waals surface area contributed by atoms with Crippen molar-refractivity contribution in [2.45, 2.75) is 26.3 Å². The Hall–Kier alpha value is -3.08. The fourth-order valence-electron chi connectivity index (χ4n) is 3.31. The summed E-state index contributed by atoms with van der Waals surface area (Å²) in [6.07, 6.45) is 1.33. The number of hydrogen-bond acceptors (Lipinski definition) is 3. The van der Waals surface area contributed by atoms with Gasteiger partial charge in [-0.2, -0.15) is 0 Å². The number of benzene rings is 2. The molecular formula is C20H20N2O3. The Bertz CT molecular complexity index is 942. The average Bonchev–Trinajstić information content (AvgIpc) is 2.94. The first-order valence-electron chi connectivity index (χ1n) is 8.25. The lowest BCUT2D eigenvalue weighted by Crippen LogP contribution is -2.24. The van der Waals surface area contributed by atoms with Gasteiger partial charge in [-0.15, -0.1) is 0 Å². The minimum atomic E-state index is -1.01. The van der Waals surface area contributed by atoms with Gasteiger partial charge < -0.3 is 15.4 Å². The lowest BCUT2D eigenvalue weighted by molar-refractivity contribution is -0.114. The highest BCUT2D eigenvalue weighted by atomic mass is 16.3. The molecule has 25 heavy (non-hydrogen) atoms. The van der Waals surface area contributed by atoms with Crippen LogP contribution in [0.2, 0.25) is 0 Å². The molecule has 3 N–H and O–H groups in total. The van der Waals surface area contributed by atoms with E-state index in [1.54, 1.807) is 6.07 Å². The molecule has 5 nitrogen and oxygen atoms in total. The van der Waals surface area contributed by atoms with Crippen LogP contribution in [-0.2, 0) is 24.2 Å². The summed E-state index contributed by atoms with van der Waals surface area (Å²) in [7, 11) is 0. The highest BCUT2D eigenvalue weighted by Gasteiger charge is 2.26. The zero-order valence-corrected chi connectivity index (χ0v) is 14.0. The standard InChI is InChI=1S/C20H20N2O3/c1-2-14-18(19(24)20(21)25)17-15(9-6-10-16(17)23)22(14)12-11-13-7-4-3-5-8-13/h3-10,23H,2,11-12H2,1H3,(H2,21,25). The van der Waals surface area contributed by atoms with E-state index in [2.05, 4.69) is 0 Å². The molecule has 0 aliphatic rings. The van der Waals surface area contributed by atoms with E-state index in [0.29, 0.717) is 18.4 Å². The van der Waals surface area contributed by atoms with Gasteiger partial charge in [0, 0.05) is 12.2 Å². The van der Waals surface area contributed by atoms with Crippen LogP contribution in [0, 0.1) is 0 Å². The van der Waals surface area contributed by atoms with Crippen LogP contribution in [0.1, 0.15) is 28.5 Å². The van der Waals surface area contributed by atoms with E-state index in [1.807, 2.05) is 47.9 Å². The number of hydrogen-bond donors (Lipinski definition) is 2. The molecule has 5 heteroatoms. The quantitative estimate of drug-likeness (QED) is 0.536. The monoisotopic (exact) mass is 336 g/mol. The summed E-state index contributed by atoms with van der Waals surface area (Å²) in [4.78, 5) is 23.9. The maximum atomic E-state index is 12.4. The zero-order valence-electron chi connectivity index (χ0n) is 14.0. The Balaban J connectivity index is 2.16. The first-order valence-corrected chi connectivity index (χ1v) is 8.25. The largest absolute Gasteiger partial charge is 0.507 e. The van der Waals surface area contributed by atoms with E-state index >= 15 is 0 Å². The molecule has 0 aliphatic heterocycles. The topological polar surface area (TPSA) is 85.3 Å². The average molecular weight is 336 g/mol. The van der Waals surface area contributed by atoms with Gasteiger partial charge in [-0.1, -0.05) is 43.3 Å². The van der Waals surface area contributed by atoms with Crippen LogP contribution < -0.4 is 5.73 Å². The second-order valence-electron chi connectivity index (χ2n) is 5.93. The summed E-state index contributed by atoms with van der Waals surface area (Å²) >= 11 is 0. The number of ketones is 1. The maximum absolute atomic E-state index is 12.4. The van der Waals surface area contributed by atoms with Crippen molar-refractivity contribution in [2.24, 2.45) is 5.73 Å². The van der Waals surface area contributed by atoms with Gasteiger partial charge in [0.1, 0.15) is 5.75 Å². The molecule has 3 aromatic rings. The molecular weight excluding hydrogens is 316 g/mol. The Morgan fingerprint density at radius 3 is 2.44 bits per heavy atom. The number of rotatable bonds is 6. The van der Waals surface area contributed by atoms with Crippen molar-refractivity contribution in [3.63, 3.8) is 0 Å². The van der Waals surface area contributed by atoms with Crippen molar-refractivity contribution in [1.82, 2.24) is 4.57 Å². The number of Topliss-reactive ketones (excluding diaryl/α,β-unsaturated/α-hetero) is 1. The molecule has 0 bridgehead atoms. The molecule has 0 saturated carbocycles. The van der Waals surface area contributed by atoms with Gasteiger partial charge in [-0.05, 0) is 30.5 Å². The van der Waals surface area contributed by atoms with Gasteiger partial charge in [-0.25, -0.2) is 0 Å². The molecule has 0 atom stereocenters. The lowest BCUT2D eigenvalue weighted by Gasteiger charge is -2.10. The molecule has 3 rings (SSSR count). The van der Waals surface area contributed by atoms with Crippen LogP contribution in [0.3, 0.4) is 0 Å². The zero-order chi connectivity index (χ0) is 18.0. The SMILES string of the molecule is CCc1c(C(=O)C(N)=O)c2c(O)cccc2n1CCc1ccccc1. The van der Waals surface area contributed by atoms with Crippen molar-refractivity contribution in [3.05, 3.63) is 65.4 Å². The van der Waals surface area contributed by atoms with E-state index in [-0.39, 0.29) is 11.3 Å². The molecule has 2 aromatic carbocycles. The van der Waals surface area contributed by atoms with Crippen LogP contribution >= 0.6 is 0 Å². The maximum Gasteiger partial charge on any atom is 0.289 e. The van der Waals surface area contributed by atoms with Crippen molar-refractivity contribution >= 4 is 22.6 Å². The predicted molar refractivity (Wildman–Crippen MR) is 96.7 cm³/mol. The Morgan fingerprint density at radius 1 is 1.08 bits per heavy atom. The predicted octanol–water partition coefficient (Wildman–Crippen LogP) is 2.82. The molecule has 1 aromatic heterocycles. The summed E-state index contributed by atoms with van der Waals surface area (Å²) < 4.78 is 2.00. The second-order valence-corrected chi connectivity index (χ2v) is 5.93. The number of amides is 1. The number of nitrogens with two attached hydrogens (primary N) is 1. The normalized spacial score (nSPS) is 10.9. The molecule has 0 aliphatic carbocycles. The lowest BCUT2D eigenvalue weighted by atomic mass is 10.0. The van der Waals surface area contributed by atoms with Crippen molar-refractivity contribution in [3.8, 4) is 5.75 Å². The van der Waals surface area contributed by atoms with Crippen LogP contribution in [0.4, 0.5) is 0 Å². The molecule has 0 radical (unpaired) electrons. The van der Waals surface area contributed by atoms with E-state index in [1.165, 1.54) is 11.6 Å². The van der Waals surface area contributed by atoms with Gasteiger partial charge in [0.2, 0.25) is 0 Å². The van der Waals surface area contributed by atoms with Crippen molar-refractivity contribution in [2.75, 3.05) is 0 Å².